The molecule has 0 radical (unpaired) electrons. The minimum atomic E-state index is -5.13. The molecule has 3 rings (SSSR count). The van der Waals surface area contributed by atoms with E-state index in [1.807, 2.05) is 0 Å². The molecule has 0 aliphatic carbocycles. The molecule has 0 saturated heterocycles. The van der Waals surface area contributed by atoms with Gasteiger partial charge in [0.1, 0.15) is 5.82 Å². The molecule has 3 aromatic rings. The first-order valence-corrected chi connectivity index (χ1v) is 8.76. The first-order valence-electron chi connectivity index (χ1n) is 7.88. The van der Waals surface area contributed by atoms with E-state index in [9.17, 15) is 27.5 Å². The number of imidazole rings is 1. The number of halogens is 4. The smallest absolute Gasteiger partial charge is 0.374 e. The van der Waals surface area contributed by atoms with E-state index in [0.717, 1.165) is 22.1 Å². The molecule has 1 amide bonds. The van der Waals surface area contributed by atoms with Gasteiger partial charge in [-0.15, -0.1) is 11.3 Å². The Morgan fingerprint density at radius 2 is 2.11 bits per heavy atom. The maximum atomic E-state index is 13.5. The van der Waals surface area contributed by atoms with Gasteiger partial charge in [-0.2, -0.15) is 13.2 Å². The molecule has 2 heterocycles. The van der Waals surface area contributed by atoms with Crippen LogP contribution in [0, 0.1) is 5.82 Å². The summed E-state index contributed by atoms with van der Waals surface area (Å²) in [5.41, 5.74) is -2.65. The number of anilines is 1. The van der Waals surface area contributed by atoms with E-state index in [2.05, 4.69) is 15.3 Å². The Labute approximate surface area is 160 Å². The van der Waals surface area contributed by atoms with Crippen LogP contribution in [0.5, 0.6) is 0 Å². The van der Waals surface area contributed by atoms with Gasteiger partial charge in [-0.1, -0.05) is 12.1 Å². The Balaban J connectivity index is 1.78. The molecule has 11 heteroatoms. The van der Waals surface area contributed by atoms with E-state index in [0.29, 0.717) is 11.3 Å². The Hall–Kier alpha value is -2.79. The molecular formula is C17H14F4N4O2S. The number of rotatable bonds is 5. The summed E-state index contributed by atoms with van der Waals surface area (Å²) in [7, 11) is 1.28. The Morgan fingerprint density at radius 1 is 1.36 bits per heavy atom. The van der Waals surface area contributed by atoms with Crippen molar-refractivity contribution >= 4 is 22.4 Å². The zero-order valence-electron chi connectivity index (χ0n) is 14.4. The maximum absolute atomic E-state index is 13.5. The standard InChI is InChI=1S/C17H14F4N4O2S/c1-25-6-5-22-14(25)16(27,17(19,20)21)8-13(26)24-15-23-12(9-28-15)10-3-2-4-11(18)7-10/h2-7,9,27H,8H2,1H3,(H,23,24,26). The lowest BCUT2D eigenvalue weighted by Gasteiger charge is -2.29. The van der Waals surface area contributed by atoms with Crippen molar-refractivity contribution in [3.63, 3.8) is 0 Å². The number of nitrogens with zero attached hydrogens (tertiary/aromatic N) is 3. The summed E-state index contributed by atoms with van der Waals surface area (Å²) >= 11 is 0.963. The van der Waals surface area contributed by atoms with Gasteiger partial charge in [0.25, 0.3) is 0 Å². The van der Waals surface area contributed by atoms with Gasteiger partial charge in [0.05, 0.1) is 12.1 Å². The molecule has 2 N–H and O–H groups in total. The highest BCUT2D eigenvalue weighted by atomic mass is 32.1. The second-order valence-electron chi connectivity index (χ2n) is 5.99. The first kappa shape index (κ1) is 20.0. The quantitative estimate of drug-likeness (QED) is 0.627. The number of nitrogens with one attached hydrogen (secondary N) is 1. The highest BCUT2D eigenvalue weighted by molar-refractivity contribution is 7.14. The SMILES string of the molecule is Cn1ccnc1C(O)(CC(=O)Nc1nc(-c2cccc(F)c2)cs1)C(F)(F)F. The second kappa shape index (κ2) is 7.32. The number of carbonyl (C=O) groups is 1. The third-order valence-electron chi connectivity index (χ3n) is 3.95. The van der Waals surface area contributed by atoms with Crippen LogP contribution >= 0.6 is 11.3 Å². The molecule has 1 aromatic carbocycles. The van der Waals surface area contributed by atoms with Crippen molar-refractivity contribution in [2.24, 2.45) is 7.05 Å². The third kappa shape index (κ3) is 3.90. The summed E-state index contributed by atoms with van der Waals surface area (Å²) in [5.74, 6) is -2.26. The molecule has 1 unspecified atom stereocenters. The van der Waals surface area contributed by atoms with Crippen molar-refractivity contribution in [2.75, 3.05) is 5.32 Å². The van der Waals surface area contributed by atoms with Crippen LogP contribution in [0.1, 0.15) is 12.2 Å². The van der Waals surface area contributed by atoms with E-state index >= 15 is 0 Å². The summed E-state index contributed by atoms with van der Waals surface area (Å²) in [4.78, 5) is 19.8. The number of aromatic nitrogens is 3. The largest absolute Gasteiger partial charge is 0.425 e. The zero-order valence-corrected chi connectivity index (χ0v) is 15.2. The average molecular weight is 414 g/mol. The fraction of sp³-hybridized carbons (Fsp3) is 0.235. The molecule has 0 aliphatic rings. The summed E-state index contributed by atoms with van der Waals surface area (Å²) in [6, 6.07) is 5.59. The minimum absolute atomic E-state index is 0.0219. The van der Waals surface area contributed by atoms with Crippen molar-refractivity contribution in [3.05, 3.63) is 53.7 Å². The van der Waals surface area contributed by atoms with Crippen LogP contribution in [0.4, 0.5) is 22.7 Å². The van der Waals surface area contributed by atoms with Crippen LogP contribution in [0.3, 0.4) is 0 Å². The van der Waals surface area contributed by atoms with Crippen LogP contribution in [0.25, 0.3) is 11.3 Å². The molecular weight excluding hydrogens is 400 g/mol. The molecule has 2 aromatic heterocycles. The Kier molecular flexibility index (Phi) is 5.22. The van der Waals surface area contributed by atoms with Crippen molar-refractivity contribution in [3.8, 4) is 11.3 Å². The number of benzene rings is 1. The van der Waals surface area contributed by atoms with Crippen LogP contribution < -0.4 is 5.32 Å². The van der Waals surface area contributed by atoms with Gasteiger partial charge in [0.15, 0.2) is 11.0 Å². The second-order valence-corrected chi connectivity index (χ2v) is 6.85. The van der Waals surface area contributed by atoms with Gasteiger partial charge in [-0.25, -0.2) is 14.4 Å². The molecule has 6 nitrogen and oxygen atoms in total. The number of hydrogen-bond acceptors (Lipinski definition) is 5. The monoisotopic (exact) mass is 414 g/mol. The molecule has 0 spiro atoms. The van der Waals surface area contributed by atoms with Gasteiger partial charge in [-0.3, -0.25) is 4.79 Å². The molecule has 0 saturated carbocycles. The van der Waals surface area contributed by atoms with Crippen molar-refractivity contribution < 1.29 is 27.5 Å². The number of thiazole rings is 1. The van der Waals surface area contributed by atoms with Crippen molar-refractivity contribution in [1.29, 1.82) is 0 Å². The van der Waals surface area contributed by atoms with Gasteiger partial charge in [0, 0.05) is 30.4 Å². The maximum Gasteiger partial charge on any atom is 0.425 e. The summed E-state index contributed by atoms with van der Waals surface area (Å²) < 4.78 is 54.7. The lowest BCUT2D eigenvalue weighted by atomic mass is 9.97. The predicted octanol–water partition coefficient (Wildman–Crippen LogP) is 3.46. The lowest BCUT2D eigenvalue weighted by Crippen LogP contribution is -2.46. The zero-order chi connectivity index (χ0) is 20.5. The Bertz CT molecular complexity index is 1000. The fourth-order valence-corrected chi connectivity index (χ4v) is 3.31. The topological polar surface area (TPSA) is 80.0 Å². The molecule has 28 heavy (non-hydrogen) atoms. The number of aliphatic hydroxyl groups is 1. The molecule has 0 fully saturated rings. The van der Waals surface area contributed by atoms with Crippen LogP contribution in [0.15, 0.2) is 42.0 Å². The third-order valence-corrected chi connectivity index (χ3v) is 4.71. The molecule has 1 atom stereocenters. The minimum Gasteiger partial charge on any atom is -0.374 e. The lowest BCUT2D eigenvalue weighted by molar-refractivity contribution is -0.270. The first-order chi connectivity index (χ1) is 13.1. The van der Waals surface area contributed by atoms with Crippen LogP contribution in [0.2, 0.25) is 0 Å². The fourth-order valence-electron chi connectivity index (χ4n) is 2.58. The van der Waals surface area contributed by atoms with Crippen molar-refractivity contribution in [1.82, 2.24) is 14.5 Å². The van der Waals surface area contributed by atoms with E-state index in [4.69, 9.17) is 0 Å². The van der Waals surface area contributed by atoms with E-state index in [1.165, 1.54) is 36.8 Å². The summed E-state index contributed by atoms with van der Waals surface area (Å²) in [6.07, 6.45) is -4.10. The van der Waals surface area contributed by atoms with Crippen molar-refractivity contribution in [2.45, 2.75) is 18.2 Å². The molecule has 148 valence electrons. The number of aryl methyl sites for hydroxylation is 1. The number of carbonyl (C=O) groups excluding carboxylic acids is 1. The number of amides is 1. The number of hydrogen-bond donors (Lipinski definition) is 2. The summed E-state index contributed by atoms with van der Waals surface area (Å²) in [5, 5.41) is 14.0. The van der Waals surface area contributed by atoms with E-state index in [1.54, 1.807) is 6.07 Å². The molecule has 0 aliphatic heterocycles. The van der Waals surface area contributed by atoms with Crippen LogP contribution in [-0.4, -0.2) is 31.7 Å². The summed E-state index contributed by atoms with van der Waals surface area (Å²) in [6.45, 7) is 0. The normalized spacial score (nSPS) is 13.9. The van der Waals surface area contributed by atoms with Gasteiger partial charge < -0.3 is 15.0 Å². The highest BCUT2D eigenvalue weighted by Gasteiger charge is 2.58. The van der Waals surface area contributed by atoms with Crippen LogP contribution in [-0.2, 0) is 17.4 Å². The molecule has 0 bridgehead atoms. The van der Waals surface area contributed by atoms with E-state index < -0.39 is 35.7 Å². The van der Waals surface area contributed by atoms with Gasteiger partial charge in [-0.05, 0) is 12.1 Å². The Morgan fingerprint density at radius 3 is 2.71 bits per heavy atom. The van der Waals surface area contributed by atoms with E-state index in [-0.39, 0.29) is 5.13 Å². The highest BCUT2D eigenvalue weighted by Crippen LogP contribution is 2.41. The predicted molar refractivity (Wildman–Crippen MR) is 93.9 cm³/mol. The average Bonchev–Trinajstić information content (AvgIpc) is 3.23. The number of alkyl halides is 3. The van der Waals surface area contributed by atoms with Gasteiger partial charge in [0.2, 0.25) is 11.5 Å². The van der Waals surface area contributed by atoms with Gasteiger partial charge >= 0.3 is 6.18 Å².